The Balaban J connectivity index is 1.22. The number of H-pyrrole nitrogens is 1. The summed E-state index contributed by atoms with van der Waals surface area (Å²) in [4.78, 5) is 30.9. The zero-order valence-electron chi connectivity index (χ0n) is 23.1. The number of anilines is 2. The van der Waals surface area contributed by atoms with Crippen LogP contribution in [0.15, 0.2) is 55.1 Å². The molecule has 1 aliphatic heterocycles. The van der Waals surface area contributed by atoms with E-state index in [2.05, 4.69) is 30.4 Å². The second-order valence-corrected chi connectivity index (χ2v) is 10.7. The minimum absolute atomic E-state index is 0.159. The van der Waals surface area contributed by atoms with Gasteiger partial charge in [-0.3, -0.25) is 9.58 Å². The van der Waals surface area contributed by atoms with E-state index < -0.39 is 11.7 Å². The average Bonchev–Trinajstić information content (AvgIpc) is 3.57. The van der Waals surface area contributed by atoms with Crippen LogP contribution in [-0.4, -0.2) is 54.6 Å². The van der Waals surface area contributed by atoms with E-state index >= 15 is 4.39 Å². The lowest BCUT2D eigenvalue weighted by atomic mass is 10.0. The Labute approximate surface area is 235 Å². The van der Waals surface area contributed by atoms with Crippen molar-refractivity contribution in [3.05, 3.63) is 66.5 Å². The highest BCUT2D eigenvalue weighted by molar-refractivity contribution is 5.92. The molecule has 1 aliphatic rings. The van der Waals surface area contributed by atoms with Gasteiger partial charge in [0, 0.05) is 43.3 Å². The predicted octanol–water partition coefficient (Wildman–Crippen LogP) is 5.31. The van der Waals surface area contributed by atoms with Crippen LogP contribution in [0.2, 0.25) is 0 Å². The molecule has 0 spiro atoms. The molecule has 4 aromatic heterocycles. The maximum Gasteiger partial charge on any atom is 0.415 e. The first-order chi connectivity index (χ1) is 19.7. The van der Waals surface area contributed by atoms with Gasteiger partial charge in [0.2, 0.25) is 0 Å². The summed E-state index contributed by atoms with van der Waals surface area (Å²) in [7, 11) is 1.84. The summed E-state index contributed by atoms with van der Waals surface area (Å²) in [5.74, 6) is 1.09. The molecule has 0 saturated heterocycles. The summed E-state index contributed by atoms with van der Waals surface area (Å²) in [6, 6.07) is 8.60. The van der Waals surface area contributed by atoms with Gasteiger partial charge in [0.05, 0.1) is 29.5 Å². The number of aromatic amines is 1. The molecule has 6 rings (SSSR count). The van der Waals surface area contributed by atoms with Gasteiger partial charge in [0.1, 0.15) is 23.8 Å². The van der Waals surface area contributed by atoms with Crippen LogP contribution in [0, 0.1) is 5.82 Å². The molecule has 0 aliphatic carbocycles. The zero-order chi connectivity index (χ0) is 28.7. The van der Waals surface area contributed by atoms with Crippen molar-refractivity contribution in [1.29, 1.82) is 0 Å². The van der Waals surface area contributed by atoms with Crippen molar-refractivity contribution < 1.29 is 18.7 Å². The number of nitrogens with one attached hydrogen (secondary N) is 2. The van der Waals surface area contributed by atoms with Gasteiger partial charge in [0.15, 0.2) is 17.2 Å². The number of benzene rings is 1. The van der Waals surface area contributed by atoms with E-state index in [1.54, 1.807) is 35.4 Å². The van der Waals surface area contributed by atoms with Gasteiger partial charge in [0.25, 0.3) is 0 Å². The molecule has 5 aromatic rings. The fraction of sp³-hybridized carbons (Fsp3) is 0.276. The standard InChI is InChI=1S/C29H29FN8O3/c1-29(2,3)41-28(39)38-11-12-40-24-22(38)8-10-32-27(24)33-14-18-6-5-17(13-21(18)30)20-7-9-31-26-23(20)35-25(36-26)19-15-34-37(4)16-19/h5-10,13,15-16H,11-12,14H2,1-4H3,(H,32,33)(H,31,35,36). The summed E-state index contributed by atoms with van der Waals surface area (Å²) in [5, 5.41) is 7.36. The van der Waals surface area contributed by atoms with E-state index in [4.69, 9.17) is 9.47 Å². The van der Waals surface area contributed by atoms with Crippen LogP contribution in [0.25, 0.3) is 33.7 Å². The number of pyridine rings is 2. The Kier molecular flexibility index (Phi) is 6.52. The monoisotopic (exact) mass is 556 g/mol. The smallest absolute Gasteiger partial charge is 0.415 e. The molecule has 41 heavy (non-hydrogen) atoms. The van der Waals surface area contributed by atoms with Gasteiger partial charge in [-0.25, -0.2) is 24.1 Å². The van der Waals surface area contributed by atoms with Gasteiger partial charge in [-0.1, -0.05) is 12.1 Å². The molecule has 2 N–H and O–H groups in total. The maximum atomic E-state index is 15.4. The lowest BCUT2D eigenvalue weighted by molar-refractivity contribution is 0.0568. The number of ether oxygens (including phenoxy) is 2. The molecular formula is C29H29FN8O3. The molecule has 0 atom stereocenters. The molecule has 210 valence electrons. The molecular weight excluding hydrogens is 527 g/mol. The summed E-state index contributed by atoms with van der Waals surface area (Å²) in [5.41, 5.74) is 3.91. The summed E-state index contributed by atoms with van der Waals surface area (Å²) in [6.07, 6.45) is 6.35. The summed E-state index contributed by atoms with van der Waals surface area (Å²) >= 11 is 0. The number of aryl methyl sites for hydroxylation is 1. The third kappa shape index (κ3) is 5.28. The highest BCUT2D eigenvalue weighted by Crippen LogP contribution is 2.38. The van der Waals surface area contributed by atoms with Crippen LogP contribution >= 0.6 is 0 Å². The summed E-state index contributed by atoms with van der Waals surface area (Å²) in [6.45, 7) is 6.25. The van der Waals surface area contributed by atoms with Crippen molar-refractivity contribution in [2.45, 2.75) is 32.9 Å². The highest BCUT2D eigenvalue weighted by atomic mass is 19.1. The second-order valence-electron chi connectivity index (χ2n) is 10.7. The number of hydrogen-bond donors (Lipinski definition) is 2. The lowest BCUT2D eigenvalue weighted by Crippen LogP contribution is -2.41. The van der Waals surface area contributed by atoms with Gasteiger partial charge in [-0.05, 0) is 44.5 Å². The quantitative estimate of drug-likeness (QED) is 0.299. The molecule has 1 aromatic carbocycles. The van der Waals surface area contributed by atoms with E-state index in [9.17, 15) is 4.79 Å². The molecule has 0 fully saturated rings. The van der Waals surface area contributed by atoms with Crippen molar-refractivity contribution in [2.24, 2.45) is 7.05 Å². The number of halogens is 1. The van der Waals surface area contributed by atoms with Gasteiger partial charge < -0.3 is 19.8 Å². The molecule has 0 bridgehead atoms. The van der Waals surface area contributed by atoms with Crippen LogP contribution < -0.4 is 15.0 Å². The number of amides is 1. The predicted molar refractivity (Wildman–Crippen MR) is 152 cm³/mol. The Morgan fingerprint density at radius 1 is 1.17 bits per heavy atom. The van der Waals surface area contributed by atoms with Crippen molar-refractivity contribution in [3.63, 3.8) is 0 Å². The number of aromatic nitrogens is 6. The average molecular weight is 557 g/mol. The lowest BCUT2D eigenvalue weighted by Gasteiger charge is -2.32. The molecule has 0 saturated carbocycles. The van der Waals surface area contributed by atoms with Crippen LogP contribution in [0.3, 0.4) is 0 Å². The van der Waals surface area contributed by atoms with Gasteiger partial charge in [-0.15, -0.1) is 0 Å². The molecule has 1 amide bonds. The normalized spacial score (nSPS) is 13.1. The number of imidazole rings is 1. The maximum absolute atomic E-state index is 15.4. The van der Waals surface area contributed by atoms with E-state index in [1.165, 1.54) is 11.0 Å². The Bertz CT molecular complexity index is 1760. The van der Waals surface area contributed by atoms with Crippen molar-refractivity contribution in [3.8, 4) is 28.3 Å². The van der Waals surface area contributed by atoms with Crippen LogP contribution in [-0.2, 0) is 18.3 Å². The van der Waals surface area contributed by atoms with Gasteiger partial charge >= 0.3 is 6.09 Å². The number of fused-ring (bicyclic) bond motifs is 2. The number of rotatable bonds is 5. The number of hydrogen-bond acceptors (Lipinski definition) is 8. The van der Waals surface area contributed by atoms with E-state index in [1.807, 2.05) is 46.1 Å². The SMILES string of the molecule is Cn1cc(-c2nc3nccc(-c4ccc(CNc5nccc6c5OCCN6C(=O)OC(C)(C)C)c(F)c4)c3[nH]2)cn1. The molecule has 0 unspecified atom stereocenters. The first-order valence-electron chi connectivity index (χ1n) is 13.1. The van der Waals surface area contributed by atoms with Crippen LogP contribution in [0.1, 0.15) is 26.3 Å². The summed E-state index contributed by atoms with van der Waals surface area (Å²) < 4.78 is 28.5. The van der Waals surface area contributed by atoms with Crippen LogP contribution in [0.5, 0.6) is 5.75 Å². The fourth-order valence-corrected chi connectivity index (χ4v) is 4.65. The molecule has 5 heterocycles. The fourth-order valence-electron chi connectivity index (χ4n) is 4.65. The minimum atomic E-state index is -0.631. The molecule has 0 radical (unpaired) electrons. The second kappa shape index (κ2) is 10.2. The van der Waals surface area contributed by atoms with Crippen molar-refractivity contribution in [2.75, 3.05) is 23.4 Å². The molecule has 11 nitrogen and oxygen atoms in total. The Morgan fingerprint density at radius 2 is 2.00 bits per heavy atom. The third-order valence-corrected chi connectivity index (χ3v) is 6.53. The zero-order valence-corrected chi connectivity index (χ0v) is 23.1. The topological polar surface area (TPSA) is 123 Å². The van der Waals surface area contributed by atoms with E-state index in [0.29, 0.717) is 51.9 Å². The van der Waals surface area contributed by atoms with E-state index in [0.717, 1.165) is 11.1 Å². The third-order valence-electron chi connectivity index (χ3n) is 6.53. The largest absolute Gasteiger partial charge is 0.486 e. The first-order valence-corrected chi connectivity index (χ1v) is 13.1. The van der Waals surface area contributed by atoms with Gasteiger partial charge in [-0.2, -0.15) is 5.10 Å². The van der Waals surface area contributed by atoms with E-state index in [-0.39, 0.29) is 19.0 Å². The number of nitrogens with zero attached hydrogens (tertiary/aromatic N) is 6. The van der Waals surface area contributed by atoms with Crippen molar-refractivity contribution >= 4 is 28.8 Å². The Morgan fingerprint density at radius 3 is 2.76 bits per heavy atom. The number of carbonyl (C=O) groups excluding carboxylic acids is 1. The first kappa shape index (κ1) is 26.2. The Hall–Kier alpha value is -5.00. The minimum Gasteiger partial charge on any atom is -0.486 e. The highest BCUT2D eigenvalue weighted by Gasteiger charge is 2.30. The van der Waals surface area contributed by atoms with Crippen molar-refractivity contribution in [1.82, 2.24) is 29.7 Å². The van der Waals surface area contributed by atoms with Crippen LogP contribution in [0.4, 0.5) is 20.7 Å². The number of carbonyl (C=O) groups is 1. The molecule has 12 heteroatoms.